The second kappa shape index (κ2) is 16.9. The number of nitrogens with two attached hydrogens (primary N) is 3. The van der Waals surface area contributed by atoms with Crippen LogP contribution in [0.25, 0.3) is 16.7 Å². The van der Waals surface area contributed by atoms with Crippen molar-refractivity contribution in [2.45, 2.75) is 89.5 Å². The third-order valence-electron chi connectivity index (χ3n) is 7.75. The smallest absolute Gasteiger partial charge is 0.354 e. The summed E-state index contributed by atoms with van der Waals surface area (Å²) in [7, 11) is -0.916. The molecule has 11 heteroatoms. The third kappa shape index (κ3) is 11.7. The highest BCUT2D eigenvalue weighted by Crippen LogP contribution is 2.27. The molecule has 0 radical (unpaired) electrons. The number of aryl methyl sites for hydroxylation is 1. The number of fused-ring (bicyclic) bond motifs is 1. The predicted molar refractivity (Wildman–Crippen MR) is 197 cm³/mol. The van der Waals surface area contributed by atoms with Gasteiger partial charge in [0.05, 0.1) is 5.69 Å². The molecule has 2 heterocycles. The molecule has 0 aliphatic heterocycles. The number of nitrogens with zero attached hydrogens (tertiary/aromatic N) is 3. The second-order valence-corrected chi connectivity index (χ2v) is 15.3. The van der Waals surface area contributed by atoms with Gasteiger partial charge >= 0.3 is 5.69 Å². The summed E-state index contributed by atoms with van der Waals surface area (Å²) in [6, 6.07) is 16.3. The molecule has 0 spiro atoms. The van der Waals surface area contributed by atoms with Crippen molar-refractivity contribution in [3.8, 4) is 5.69 Å². The lowest BCUT2D eigenvalue weighted by Gasteiger charge is -2.21. The molecule has 0 saturated carbocycles. The molecule has 2 aromatic carbocycles. The Kier molecular flexibility index (Phi) is 13.5. The highest BCUT2D eigenvalue weighted by Gasteiger charge is 2.18. The van der Waals surface area contributed by atoms with Gasteiger partial charge in [-0.05, 0) is 91.2 Å². The van der Waals surface area contributed by atoms with E-state index in [0.717, 1.165) is 72.5 Å². The fourth-order valence-electron chi connectivity index (χ4n) is 4.88. The standard InChI is InChI=1S/C21H29N7O.C15H25NOS/c1-21(2,3)17-11-15-13-28(20(29)27-18(15)26-17)16-7-5-14(6-8-16)12-24-9-4-10-25-19(22)23;1-15(2,3)13-9-12(7-5-6-8-16)10-14(11-13)18(4)17/h5-8,11,13,24H,4,9-10,12H2,1-3H3,(H4,22,23,25)(H,26,27,29);9-11H,5-8,16H2,1-4H3. The lowest BCUT2D eigenvalue weighted by molar-refractivity contribution is 0.574. The van der Waals surface area contributed by atoms with Crippen LogP contribution in [-0.2, 0) is 34.6 Å². The molecule has 0 saturated heterocycles. The maximum atomic E-state index is 12.5. The van der Waals surface area contributed by atoms with E-state index in [9.17, 15) is 9.00 Å². The first-order valence-electron chi connectivity index (χ1n) is 16.2. The van der Waals surface area contributed by atoms with Gasteiger partial charge in [-0.2, -0.15) is 4.98 Å². The van der Waals surface area contributed by atoms with Gasteiger partial charge < -0.3 is 27.5 Å². The summed E-state index contributed by atoms with van der Waals surface area (Å²) in [6.07, 6.45) is 7.61. The van der Waals surface area contributed by atoms with Crippen molar-refractivity contribution >= 4 is 27.8 Å². The lowest BCUT2D eigenvalue weighted by Crippen LogP contribution is -2.23. The highest BCUT2D eigenvalue weighted by atomic mass is 32.2. The van der Waals surface area contributed by atoms with Crippen LogP contribution in [0.15, 0.2) is 69.4 Å². The molecular formula is C36H54N8O2S. The Balaban J connectivity index is 0.000000287. The van der Waals surface area contributed by atoms with Gasteiger partial charge in [0, 0.05) is 57.7 Å². The summed E-state index contributed by atoms with van der Waals surface area (Å²) in [4.78, 5) is 24.8. The maximum Gasteiger partial charge on any atom is 0.354 e. The summed E-state index contributed by atoms with van der Waals surface area (Å²) < 4.78 is 13.3. The van der Waals surface area contributed by atoms with Crippen molar-refractivity contribution in [3.05, 3.63) is 87.6 Å². The second-order valence-electron chi connectivity index (χ2n) is 13.9. The number of benzene rings is 2. The summed E-state index contributed by atoms with van der Waals surface area (Å²) in [6.45, 7) is 15.8. The Bertz CT molecular complexity index is 1710. The molecule has 0 aliphatic carbocycles. The van der Waals surface area contributed by atoms with Gasteiger partial charge in [0.25, 0.3) is 0 Å². The van der Waals surface area contributed by atoms with Crippen molar-refractivity contribution in [2.75, 3.05) is 25.9 Å². The molecule has 1 atom stereocenters. The number of hydrogen-bond acceptors (Lipinski definition) is 6. The van der Waals surface area contributed by atoms with Crippen LogP contribution in [0, 0.1) is 0 Å². The summed E-state index contributed by atoms with van der Waals surface area (Å²) >= 11 is 0. The van der Waals surface area contributed by atoms with Crippen molar-refractivity contribution in [1.82, 2.24) is 19.9 Å². The lowest BCUT2D eigenvalue weighted by atomic mass is 9.86. The SMILES string of the molecule is CC(C)(C)c1cc2cn(-c3ccc(CNCCCN=C(N)N)cc3)c(=O)nc2[nH]1.CS(=O)c1cc(CCCCN)cc(C(C)(C)C)c1. The van der Waals surface area contributed by atoms with Crippen LogP contribution in [-0.4, -0.2) is 50.6 Å². The zero-order valence-electron chi connectivity index (χ0n) is 29.2. The molecule has 256 valence electrons. The Labute approximate surface area is 282 Å². The van der Waals surface area contributed by atoms with Crippen LogP contribution in [0.5, 0.6) is 0 Å². The predicted octanol–water partition coefficient (Wildman–Crippen LogP) is 4.77. The number of rotatable bonds is 12. The van der Waals surface area contributed by atoms with Crippen LogP contribution >= 0.6 is 0 Å². The third-order valence-corrected chi connectivity index (χ3v) is 8.65. The first-order valence-corrected chi connectivity index (χ1v) is 17.8. The van der Waals surface area contributed by atoms with Gasteiger partial charge in [0.2, 0.25) is 0 Å². The van der Waals surface area contributed by atoms with E-state index in [-0.39, 0.29) is 22.5 Å². The Hall–Kier alpha value is -3.80. The number of aromatic amines is 1. The van der Waals surface area contributed by atoms with Crippen LogP contribution < -0.4 is 28.2 Å². The minimum Gasteiger partial charge on any atom is -0.370 e. The van der Waals surface area contributed by atoms with Gasteiger partial charge in [-0.3, -0.25) is 13.8 Å². The molecule has 4 rings (SSSR count). The fraction of sp³-hybridized carbons (Fsp3) is 0.472. The van der Waals surface area contributed by atoms with E-state index in [1.165, 1.54) is 11.1 Å². The number of nitrogens with one attached hydrogen (secondary N) is 2. The molecule has 0 bridgehead atoms. The van der Waals surface area contributed by atoms with E-state index in [0.29, 0.717) is 12.2 Å². The van der Waals surface area contributed by atoms with E-state index in [4.69, 9.17) is 17.2 Å². The van der Waals surface area contributed by atoms with Crippen molar-refractivity contribution < 1.29 is 4.21 Å². The number of unbranched alkanes of at least 4 members (excludes halogenated alkanes) is 1. The molecule has 0 amide bonds. The van der Waals surface area contributed by atoms with Crippen molar-refractivity contribution in [1.29, 1.82) is 0 Å². The zero-order valence-corrected chi connectivity index (χ0v) is 30.0. The summed E-state index contributed by atoms with van der Waals surface area (Å²) in [5.41, 5.74) is 22.0. The monoisotopic (exact) mass is 662 g/mol. The average Bonchev–Trinajstić information content (AvgIpc) is 3.42. The van der Waals surface area contributed by atoms with Gasteiger partial charge in [-0.1, -0.05) is 59.7 Å². The quantitative estimate of drug-likeness (QED) is 0.0827. The highest BCUT2D eigenvalue weighted by molar-refractivity contribution is 7.84. The topological polar surface area (TPSA) is 170 Å². The summed E-state index contributed by atoms with van der Waals surface area (Å²) in [5, 5.41) is 4.27. The zero-order chi connectivity index (χ0) is 34.8. The molecule has 4 aromatic rings. The van der Waals surface area contributed by atoms with Crippen molar-refractivity contribution in [2.24, 2.45) is 22.2 Å². The Morgan fingerprint density at radius 1 is 0.957 bits per heavy atom. The molecule has 2 aromatic heterocycles. The van der Waals surface area contributed by atoms with E-state index in [1.807, 2.05) is 30.5 Å². The Morgan fingerprint density at radius 3 is 2.26 bits per heavy atom. The molecule has 8 N–H and O–H groups in total. The van der Waals surface area contributed by atoms with Gasteiger partial charge in [0.1, 0.15) is 5.65 Å². The maximum absolute atomic E-state index is 12.5. The van der Waals surface area contributed by atoms with Crippen LogP contribution in [0.1, 0.15) is 83.2 Å². The first kappa shape index (κ1) is 37.7. The molecule has 47 heavy (non-hydrogen) atoms. The molecule has 10 nitrogen and oxygen atoms in total. The van der Waals surface area contributed by atoms with Crippen LogP contribution in [0.4, 0.5) is 0 Å². The number of aromatic nitrogens is 3. The number of aliphatic imine (C=N–C) groups is 1. The van der Waals surface area contributed by atoms with Gasteiger partial charge in [-0.25, -0.2) is 4.79 Å². The normalized spacial score (nSPS) is 12.4. The van der Waals surface area contributed by atoms with E-state index in [1.54, 1.807) is 10.8 Å². The molecular weight excluding hydrogens is 609 g/mol. The minimum atomic E-state index is -0.916. The first-order chi connectivity index (χ1) is 22.1. The average molecular weight is 663 g/mol. The largest absolute Gasteiger partial charge is 0.370 e. The van der Waals surface area contributed by atoms with E-state index >= 15 is 0 Å². The summed E-state index contributed by atoms with van der Waals surface area (Å²) in [5.74, 6) is 0.123. The van der Waals surface area contributed by atoms with Gasteiger partial charge in [-0.15, -0.1) is 0 Å². The molecule has 0 aliphatic rings. The number of H-pyrrole nitrogens is 1. The van der Waals surface area contributed by atoms with E-state index in [2.05, 4.69) is 86.1 Å². The van der Waals surface area contributed by atoms with Gasteiger partial charge in [0.15, 0.2) is 5.96 Å². The number of guanidine groups is 1. The van der Waals surface area contributed by atoms with Crippen molar-refractivity contribution in [3.63, 3.8) is 0 Å². The molecule has 1 unspecified atom stereocenters. The Morgan fingerprint density at radius 2 is 1.66 bits per heavy atom. The molecule has 0 fully saturated rings. The minimum absolute atomic E-state index is 0.0352. The van der Waals surface area contributed by atoms with Crippen LogP contribution in [0.2, 0.25) is 0 Å². The van der Waals surface area contributed by atoms with E-state index < -0.39 is 10.8 Å². The fourth-order valence-corrected chi connectivity index (χ4v) is 5.49. The number of hydrogen-bond donors (Lipinski definition) is 5. The van der Waals surface area contributed by atoms with Crippen LogP contribution in [0.3, 0.4) is 0 Å².